The predicted molar refractivity (Wildman–Crippen MR) is 362 cm³/mol. The van der Waals surface area contributed by atoms with E-state index in [1.807, 2.05) is 0 Å². The molecule has 27 heteroatoms. The molecule has 0 aromatic heterocycles. The van der Waals surface area contributed by atoms with Gasteiger partial charge in [-0.3, -0.25) is 28.8 Å². The van der Waals surface area contributed by atoms with Crippen molar-refractivity contribution in [1.82, 2.24) is 0 Å². The number of esters is 6. The topological polar surface area (TPSA) is 241 Å². The molecule has 10 bridgehead atoms. The number of ether oxygens (including phenoxy) is 15. The minimum Gasteiger partial charge on any atom is -0.465 e. The molecule has 16 fully saturated rings. The number of hydrogen-bond donors (Lipinski definition) is 0. The Labute approximate surface area is 568 Å². The Bertz CT molecular complexity index is 2530. The van der Waals surface area contributed by atoms with E-state index in [4.69, 9.17) is 71.1 Å². The molecule has 0 N–H and O–H groups in total. The Morgan fingerprint density at radius 3 is 1.54 bits per heavy atom. The van der Waals surface area contributed by atoms with Gasteiger partial charge in [-0.2, -0.15) is 0 Å². The summed E-state index contributed by atoms with van der Waals surface area (Å²) in [5, 5.41) is 0. The molecule has 14 saturated heterocycles. The smallest absolute Gasteiger partial charge is 0.315 e. The minimum absolute atomic E-state index is 0.00153. The van der Waals surface area contributed by atoms with Crippen LogP contribution < -0.4 is 0 Å². The number of cyclic esters (lactones) is 6. The maximum Gasteiger partial charge on any atom is 0.315 e. The molecule has 2 saturated carbocycles. The molecule has 14 aliphatic heterocycles. The van der Waals surface area contributed by atoms with Crippen molar-refractivity contribution in [3.05, 3.63) is 0 Å². The van der Waals surface area contributed by atoms with Crippen LogP contribution in [0.4, 0.5) is 0 Å². The highest BCUT2D eigenvalue weighted by Gasteiger charge is 2.66. The zero-order valence-electron chi connectivity index (χ0n) is 56.8. The van der Waals surface area contributed by atoms with Crippen molar-refractivity contribution in [3.63, 3.8) is 0 Å². The summed E-state index contributed by atoms with van der Waals surface area (Å²) in [4.78, 5) is 68.2. The molecule has 0 radical (unpaired) electrons. The van der Waals surface area contributed by atoms with Crippen LogP contribution in [0.1, 0.15) is 135 Å². The lowest BCUT2D eigenvalue weighted by Crippen LogP contribution is -2.45. The molecule has 526 valence electrons. The van der Waals surface area contributed by atoms with Gasteiger partial charge in [-0.05, 0) is 88.9 Å². The summed E-state index contributed by atoms with van der Waals surface area (Å²) in [5.41, 5.74) is -0.223. The van der Waals surface area contributed by atoms with E-state index >= 15 is 0 Å². The average molecular weight is 1410 g/mol. The van der Waals surface area contributed by atoms with Gasteiger partial charge in [-0.1, -0.05) is 42.7 Å². The zero-order chi connectivity index (χ0) is 65.3. The second-order valence-corrected chi connectivity index (χ2v) is 35.8. The number of fused-ring (bicyclic) bond motifs is 19. The van der Waals surface area contributed by atoms with E-state index in [1.54, 1.807) is 0 Å². The molecule has 23 unspecified atom stereocenters. The van der Waals surface area contributed by atoms with Gasteiger partial charge in [0.25, 0.3) is 0 Å². The summed E-state index contributed by atoms with van der Waals surface area (Å²) in [5.74, 6) is 1.66. The third-order valence-corrected chi connectivity index (χ3v) is 27.6. The molecule has 3 spiro atoms. The summed E-state index contributed by atoms with van der Waals surface area (Å²) in [7, 11) is 7.52. The van der Waals surface area contributed by atoms with Gasteiger partial charge in [0.05, 0.1) is 124 Å². The van der Waals surface area contributed by atoms with Crippen LogP contribution in [0.25, 0.3) is 0 Å². The van der Waals surface area contributed by atoms with Crippen molar-refractivity contribution in [2.75, 3.05) is 66.1 Å². The number of rotatable bonds is 23. The summed E-state index contributed by atoms with van der Waals surface area (Å²) >= 11 is 0. The SMILES string of the molecule is O=C1CC2(CO1)CC1CC(OCCC[SiH3])C2O1.O=C1CC2(CO1)CC1CC2CC1OCCC[SiH3].O=C1CCC(CCC[SiH3])O1.O=C1OCC2C3CC(OCCC[SiH3])C(O3)C12.O=C1OCC2C3OC(CC3OCCC[SiH3])C12.O=C1OCCC12CC1CC(OCCC[SiH3])C2O1. The molecule has 16 aliphatic rings. The first kappa shape index (κ1) is 72.0. The lowest BCUT2D eigenvalue weighted by molar-refractivity contribution is -0.152. The van der Waals surface area contributed by atoms with Crippen molar-refractivity contribution < 1.29 is 99.8 Å². The fourth-order valence-electron chi connectivity index (χ4n) is 18.4. The van der Waals surface area contributed by atoms with E-state index in [2.05, 4.69) is 0 Å². The Kier molecular flexibility index (Phi) is 25.8. The van der Waals surface area contributed by atoms with Gasteiger partial charge in [-0.15, -0.1) is 0 Å². The number of carbonyl (C=O) groups is 6. The van der Waals surface area contributed by atoms with Crippen molar-refractivity contribution >= 4 is 97.3 Å². The van der Waals surface area contributed by atoms with E-state index in [0.717, 1.165) is 123 Å². The third-order valence-electron chi connectivity index (χ3n) is 23.4. The molecule has 23 atom stereocenters. The highest BCUT2D eigenvalue weighted by Crippen LogP contribution is 2.61. The Balaban J connectivity index is 0.000000115. The summed E-state index contributed by atoms with van der Waals surface area (Å²) < 4.78 is 83.8. The van der Waals surface area contributed by atoms with Crippen LogP contribution >= 0.6 is 0 Å². The summed E-state index contributed by atoms with van der Waals surface area (Å²) in [6.45, 7) is 7.10. The first-order chi connectivity index (χ1) is 45.2. The minimum atomic E-state index is -0.367. The molecule has 14 heterocycles. The molecule has 0 aromatic carbocycles. The molecular formula is C66H112O21Si6. The van der Waals surface area contributed by atoms with Crippen LogP contribution in [0, 0.1) is 51.8 Å². The third kappa shape index (κ3) is 16.3. The molecule has 0 amide bonds. The average Bonchev–Trinajstić information content (AvgIpc) is 1.65. The standard InChI is InChI=1S/C13H22O3Si.2C12H20O4Si.2C11H18O4Si.C7H14O2Si/c14-12-7-13(8-16-12)6-9-4-10(13)5-11(9)15-2-1-3-17;13-11-12(2-4-15-11)7-8-6-9(10(12)16-8)14-3-1-5-17;13-10-6-12(7-15-10)5-8-4-9(11(12)16-8)14-2-1-3-17;12-11-9-6(5-14-11)10-8(4-7(9)15-10)13-2-1-3-16;12-11-9-6(5-14-11)7-4-8(10(9)15-7)13-2-1-3-16;8-7-4-3-6(9-7)2-1-5-10/h9-11H,1-8H2,17H3;8-10H,1-7H2,17H3;8-9,11H,1-7H2,17H3;2*6-10H,1-5H2,16H3;6H,1-5H2,10H3. The van der Waals surface area contributed by atoms with Crippen LogP contribution in [0.3, 0.4) is 0 Å². The van der Waals surface area contributed by atoms with Crippen LogP contribution in [0.15, 0.2) is 0 Å². The Morgan fingerprint density at radius 1 is 0.462 bits per heavy atom. The van der Waals surface area contributed by atoms with Crippen LogP contribution in [-0.4, -0.2) is 249 Å². The van der Waals surface area contributed by atoms with Gasteiger partial charge in [-0.25, -0.2) is 0 Å². The molecule has 0 aromatic rings. The summed E-state index contributed by atoms with van der Waals surface area (Å²) in [6, 6.07) is 7.79. The lowest BCUT2D eigenvalue weighted by Gasteiger charge is -2.34. The molecule has 16 rings (SSSR count). The quantitative estimate of drug-likeness (QED) is 0.0577. The number of carbonyl (C=O) groups excluding carboxylic acids is 6. The van der Waals surface area contributed by atoms with Crippen molar-refractivity contribution in [2.45, 2.75) is 257 Å². The second kappa shape index (κ2) is 33.3. The Hall–Kier alpha value is -2.24. The van der Waals surface area contributed by atoms with Gasteiger partial charge in [0.2, 0.25) is 0 Å². The predicted octanol–water partition coefficient (Wildman–Crippen LogP) is 0.256. The normalized spacial score (nSPS) is 42.2. The largest absolute Gasteiger partial charge is 0.465 e. The highest BCUT2D eigenvalue weighted by atomic mass is 28.2. The number of hydrogen-bond acceptors (Lipinski definition) is 21. The van der Waals surface area contributed by atoms with E-state index in [0.29, 0.717) is 76.2 Å². The summed E-state index contributed by atoms with van der Waals surface area (Å²) in [6.07, 6.45) is 23.2. The van der Waals surface area contributed by atoms with Crippen molar-refractivity contribution in [2.24, 2.45) is 51.8 Å². The molecule has 2 aliphatic carbocycles. The second-order valence-electron chi connectivity index (χ2n) is 29.8. The Morgan fingerprint density at radius 2 is 1.00 bits per heavy atom. The zero-order valence-corrected chi connectivity index (χ0v) is 68.8. The van der Waals surface area contributed by atoms with Gasteiger partial charge in [0.15, 0.2) is 0 Å². The van der Waals surface area contributed by atoms with Gasteiger partial charge in [0.1, 0.15) is 24.2 Å². The van der Waals surface area contributed by atoms with Crippen molar-refractivity contribution in [3.8, 4) is 0 Å². The first-order valence-electron chi connectivity index (χ1n) is 36.9. The van der Waals surface area contributed by atoms with Gasteiger partial charge >= 0.3 is 35.8 Å². The monoisotopic (exact) mass is 1410 g/mol. The molecular weight excluding hydrogens is 1300 g/mol. The molecule has 21 nitrogen and oxygen atoms in total. The van der Waals surface area contributed by atoms with Gasteiger partial charge in [0, 0.05) is 156 Å². The van der Waals surface area contributed by atoms with Crippen LogP contribution in [-0.2, 0) is 99.8 Å². The van der Waals surface area contributed by atoms with Crippen LogP contribution in [0.2, 0.25) is 36.3 Å². The van der Waals surface area contributed by atoms with E-state index < -0.39 is 0 Å². The lowest BCUT2D eigenvalue weighted by atomic mass is 9.72. The van der Waals surface area contributed by atoms with Gasteiger partial charge < -0.3 is 71.1 Å². The maximum atomic E-state index is 11.9. The van der Waals surface area contributed by atoms with E-state index in [-0.39, 0.29) is 149 Å². The molecule has 93 heavy (non-hydrogen) atoms. The first-order valence-corrected chi connectivity index (χ1v) is 45.4. The van der Waals surface area contributed by atoms with Crippen LogP contribution in [0.5, 0.6) is 0 Å². The van der Waals surface area contributed by atoms with E-state index in [1.165, 1.54) is 123 Å². The fraction of sp³-hybridized carbons (Fsp3) is 0.909. The fourth-order valence-corrected chi connectivity index (χ4v) is 20.3. The van der Waals surface area contributed by atoms with Crippen molar-refractivity contribution in [1.29, 1.82) is 0 Å². The highest BCUT2D eigenvalue weighted by molar-refractivity contribution is 6.09. The van der Waals surface area contributed by atoms with E-state index in [9.17, 15) is 28.8 Å². The maximum absolute atomic E-state index is 11.9.